The molecule has 1 aromatic carbocycles. The highest BCUT2D eigenvalue weighted by Crippen LogP contribution is 2.27. The lowest BCUT2D eigenvalue weighted by molar-refractivity contribution is -0.118. The third-order valence-electron chi connectivity index (χ3n) is 4.88. The molecule has 2 aliphatic rings. The summed E-state index contributed by atoms with van der Waals surface area (Å²) >= 11 is 0.978. The van der Waals surface area contributed by atoms with E-state index < -0.39 is 5.25 Å². The third kappa shape index (κ3) is 4.37. The van der Waals surface area contributed by atoms with Crippen LogP contribution in [0.4, 0.5) is 4.79 Å². The standard InChI is InChI=1S/C22H20N2O3S/c1-14-10-18(11-19-21(26)23-22(27)28-19)12-20(25)24(14)13-17-8-6-16(7-9-17)5-4-15-2-3-15/h6-10,12,15,19H,2-3,11,13H2,1H3,(H,23,26,27). The Bertz CT molecular complexity index is 1060. The van der Waals surface area contributed by atoms with Gasteiger partial charge in [0.25, 0.3) is 10.8 Å². The zero-order valence-electron chi connectivity index (χ0n) is 15.5. The normalized spacial score (nSPS) is 18.5. The number of imide groups is 1. The molecule has 0 radical (unpaired) electrons. The first-order chi connectivity index (χ1) is 13.5. The van der Waals surface area contributed by atoms with Crippen molar-refractivity contribution in [2.45, 2.75) is 38.0 Å². The molecule has 2 amide bonds. The molecule has 1 atom stereocenters. The summed E-state index contributed by atoms with van der Waals surface area (Å²) in [4.78, 5) is 35.6. The molecule has 1 aromatic heterocycles. The van der Waals surface area contributed by atoms with Crippen molar-refractivity contribution < 1.29 is 9.59 Å². The predicted octanol–water partition coefficient (Wildman–Crippen LogP) is 2.86. The molecule has 2 aromatic rings. The van der Waals surface area contributed by atoms with Crippen molar-refractivity contribution in [1.82, 2.24) is 9.88 Å². The second-order valence-electron chi connectivity index (χ2n) is 7.26. The fourth-order valence-electron chi connectivity index (χ4n) is 3.15. The number of thioether (sulfide) groups is 1. The Labute approximate surface area is 167 Å². The van der Waals surface area contributed by atoms with Gasteiger partial charge in [-0.25, -0.2) is 0 Å². The molecule has 0 bridgehead atoms. The maximum Gasteiger partial charge on any atom is 0.286 e. The number of carbonyl (C=O) groups excluding carboxylic acids is 2. The van der Waals surface area contributed by atoms with Gasteiger partial charge in [0, 0.05) is 23.2 Å². The molecule has 0 spiro atoms. The van der Waals surface area contributed by atoms with E-state index in [1.54, 1.807) is 10.6 Å². The van der Waals surface area contributed by atoms with Crippen LogP contribution < -0.4 is 10.9 Å². The van der Waals surface area contributed by atoms with E-state index in [1.165, 1.54) is 12.8 Å². The van der Waals surface area contributed by atoms with Gasteiger partial charge >= 0.3 is 0 Å². The van der Waals surface area contributed by atoms with E-state index in [9.17, 15) is 14.4 Å². The summed E-state index contributed by atoms with van der Waals surface area (Å²) in [5.74, 6) is 6.72. The molecule has 2 heterocycles. The zero-order chi connectivity index (χ0) is 19.7. The minimum Gasteiger partial charge on any atom is -0.309 e. The number of rotatable bonds is 4. The van der Waals surface area contributed by atoms with Crippen LogP contribution in [-0.4, -0.2) is 21.0 Å². The van der Waals surface area contributed by atoms with Crippen LogP contribution in [0.15, 0.2) is 41.2 Å². The van der Waals surface area contributed by atoms with E-state index in [-0.39, 0.29) is 16.7 Å². The zero-order valence-corrected chi connectivity index (χ0v) is 16.3. The first-order valence-electron chi connectivity index (χ1n) is 9.30. The van der Waals surface area contributed by atoms with Crippen molar-refractivity contribution in [3.8, 4) is 11.8 Å². The fourth-order valence-corrected chi connectivity index (χ4v) is 4.01. The molecule has 2 fully saturated rings. The van der Waals surface area contributed by atoms with Crippen LogP contribution in [-0.2, 0) is 17.8 Å². The van der Waals surface area contributed by atoms with Gasteiger partial charge < -0.3 is 4.57 Å². The smallest absolute Gasteiger partial charge is 0.286 e. The third-order valence-corrected chi connectivity index (χ3v) is 5.86. The van der Waals surface area contributed by atoms with E-state index in [2.05, 4.69) is 17.2 Å². The number of aryl methyl sites for hydroxylation is 1. The molecule has 5 nitrogen and oxygen atoms in total. The number of amides is 2. The monoisotopic (exact) mass is 392 g/mol. The highest BCUT2D eigenvalue weighted by Gasteiger charge is 2.31. The highest BCUT2D eigenvalue weighted by atomic mass is 32.2. The maximum absolute atomic E-state index is 12.6. The molecule has 28 heavy (non-hydrogen) atoms. The lowest BCUT2D eigenvalue weighted by atomic mass is 10.1. The molecule has 142 valence electrons. The number of nitrogens with one attached hydrogen (secondary N) is 1. The quantitative estimate of drug-likeness (QED) is 0.813. The SMILES string of the molecule is Cc1cc(CC2SC(=O)NC2=O)cc(=O)n1Cc1ccc(C#CC2CC2)cc1. The number of benzene rings is 1. The maximum atomic E-state index is 12.6. The van der Waals surface area contributed by atoms with Crippen LogP contribution in [0.2, 0.25) is 0 Å². The Kier molecular flexibility index (Phi) is 5.10. The molecule has 6 heteroatoms. The highest BCUT2D eigenvalue weighted by molar-refractivity contribution is 8.15. The van der Waals surface area contributed by atoms with Crippen molar-refractivity contribution in [3.63, 3.8) is 0 Å². The molecule has 1 N–H and O–H groups in total. The Morgan fingerprint density at radius 2 is 1.86 bits per heavy atom. The summed E-state index contributed by atoms with van der Waals surface area (Å²) in [7, 11) is 0. The van der Waals surface area contributed by atoms with Gasteiger partial charge in [0.15, 0.2) is 0 Å². The van der Waals surface area contributed by atoms with Gasteiger partial charge in [0.1, 0.15) is 0 Å². The van der Waals surface area contributed by atoms with E-state index in [0.29, 0.717) is 18.9 Å². The Balaban J connectivity index is 1.47. The van der Waals surface area contributed by atoms with Gasteiger partial charge in [-0.2, -0.15) is 0 Å². The molecule has 1 unspecified atom stereocenters. The summed E-state index contributed by atoms with van der Waals surface area (Å²) in [6, 6.07) is 11.5. The first kappa shape index (κ1) is 18.6. The predicted molar refractivity (Wildman–Crippen MR) is 109 cm³/mol. The topological polar surface area (TPSA) is 68.2 Å². The lowest BCUT2D eigenvalue weighted by Gasteiger charge is -2.13. The molecule has 1 saturated carbocycles. The largest absolute Gasteiger partial charge is 0.309 e. The van der Waals surface area contributed by atoms with E-state index in [4.69, 9.17) is 0 Å². The van der Waals surface area contributed by atoms with Crippen LogP contribution in [0.1, 0.15) is 35.2 Å². The van der Waals surface area contributed by atoms with Crippen molar-refractivity contribution in [1.29, 1.82) is 0 Å². The summed E-state index contributed by atoms with van der Waals surface area (Å²) in [6.07, 6.45) is 2.79. The summed E-state index contributed by atoms with van der Waals surface area (Å²) in [5, 5.41) is 1.48. The van der Waals surface area contributed by atoms with Crippen molar-refractivity contribution in [2.24, 2.45) is 5.92 Å². The second kappa shape index (κ2) is 7.69. The number of hydrogen-bond donors (Lipinski definition) is 1. The molecule has 4 rings (SSSR count). The van der Waals surface area contributed by atoms with Crippen LogP contribution in [0, 0.1) is 24.7 Å². The van der Waals surface area contributed by atoms with Gasteiger partial charge in [-0.05, 0) is 55.5 Å². The van der Waals surface area contributed by atoms with Gasteiger partial charge in [0.2, 0.25) is 5.91 Å². The molecular formula is C22H20N2O3S. The first-order valence-corrected chi connectivity index (χ1v) is 10.2. The molecule has 1 aliphatic carbocycles. The molecule has 1 aliphatic heterocycles. The van der Waals surface area contributed by atoms with Gasteiger partial charge in [-0.1, -0.05) is 35.7 Å². The van der Waals surface area contributed by atoms with Crippen LogP contribution >= 0.6 is 11.8 Å². The number of pyridine rings is 1. The lowest BCUT2D eigenvalue weighted by Crippen LogP contribution is -2.27. The number of nitrogens with zero attached hydrogens (tertiary/aromatic N) is 1. The van der Waals surface area contributed by atoms with Gasteiger partial charge in [0.05, 0.1) is 11.8 Å². The molecular weight excluding hydrogens is 372 g/mol. The Morgan fingerprint density at radius 1 is 1.11 bits per heavy atom. The average Bonchev–Trinajstić information content (AvgIpc) is 3.42. The van der Waals surface area contributed by atoms with Crippen molar-refractivity contribution in [3.05, 3.63) is 69.1 Å². The van der Waals surface area contributed by atoms with Gasteiger partial charge in [-0.15, -0.1) is 0 Å². The van der Waals surface area contributed by atoms with Crippen LogP contribution in [0.25, 0.3) is 0 Å². The van der Waals surface area contributed by atoms with E-state index >= 15 is 0 Å². The van der Waals surface area contributed by atoms with Gasteiger partial charge in [-0.3, -0.25) is 19.7 Å². The van der Waals surface area contributed by atoms with E-state index in [1.807, 2.05) is 37.3 Å². The molecule has 1 saturated heterocycles. The Morgan fingerprint density at radius 3 is 2.46 bits per heavy atom. The number of carbonyl (C=O) groups is 2. The number of hydrogen-bond acceptors (Lipinski definition) is 4. The van der Waals surface area contributed by atoms with E-state index in [0.717, 1.165) is 34.1 Å². The summed E-state index contributed by atoms with van der Waals surface area (Å²) in [6.45, 7) is 2.37. The minimum absolute atomic E-state index is 0.109. The van der Waals surface area contributed by atoms with Crippen molar-refractivity contribution in [2.75, 3.05) is 0 Å². The van der Waals surface area contributed by atoms with Crippen LogP contribution in [0.3, 0.4) is 0 Å². The fraction of sp³-hybridized carbons (Fsp3) is 0.318. The summed E-state index contributed by atoms with van der Waals surface area (Å²) < 4.78 is 1.71. The Hall–Kier alpha value is -2.78. The minimum atomic E-state index is -0.466. The summed E-state index contributed by atoms with van der Waals surface area (Å²) in [5.41, 5.74) is 3.52. The average molecular weight is 392 g/mol. The van der Waals surface area contributed by atoms with Crippen molar-refractivity contribution >= 4 is 22.9 Å². The number of aromatic nitrogens is 1. The second-order valence-corrected chi connectivity index (χ2v) is 8.43. The van der Waals surface area contributed by atoms with Crippen LogP contribution in [0.5, 0.6) is 0 Å².